The van der Waals surface area contributed by atoms with Gasteiger partial charge in [-0.2, -0.15) is 0 Å². The van der Waals surface area contributed by atoms with Crippen LogP contribution >= 0.6 is 0 Å². The molecular formula is C17H25N3O. The number of hydrogen-bond acceptors (Lipinski definition) is 3. The predicted molar refractivity (Wildman–Crippen MR) is 85.4 cm³/mol. The normalized spacial score (nSPS) is 21.3. The Morgan fingerprint density at radius 2 is 2.14 bits per heavy atom. The molecule has 1 heterocycles. The van der Waals surface area contributed by atoms with Gasteiger partial charge in [-0.15, -0.1) is 0 Å². The first-order chi connectivity index (χ1) is 10.1. The Labute approximate surface area is 126 Å². The average molecular weight is 287 g/mol. The van der Waals surface area contributed by atoms with Gasteiger partial charge in [0.05, 0.1) is 0 Å². The molecule has 3 N–H and O–H groups in total. The first-order valence-corrected chi connectivity index (χ1v) is 7.99. The van der Waals surface area contributed by atoms with Gasteiger partial charge >= 0.3 is 0 Å². The van der Waals surface area contributed by atoms with Crippen LogP contribution in [0.5, 0.6) is 0 Å². The number of benzene rings is 1. The summed E-state index contributed by atoms with van der Waals surface area (Å²) in [5, 5.41) is 3.45. The lowest BCUT2D eigenvalue weighted by Gasteiger charge is -2.35. The molecule has 1 aliphatic heterocycles. The van der Waals surface area contributed by atoms with E-state index < -0.39 is 5.54 Å². The minimum Gasteiger partial charge on any atom is -0.369 e. The molecule has 0 saturated heterocycles. The number of nitrogens with zero attached hydrogens (tertiary/aromatic N) is 1. The first kappa shape index (κ1) is 14.4. The molecule has 1 unspecified atom stereocenters. The fraction of sp³-hybridized carbons (Fsp3) is 0.588. The van der Waals surface area contributed by atoms with Crippen LogP contribution in [0, 0.1) is 0 Å². The van der Waals surface area contributed by atoms with Crippen LogP contribution in [0.15, 0.2) is 24.3 Å². The molecule has 3 rings (SSSR count). The molecule has 0 radical (unpaired) electrons. The van der Waals surface area contributed by atoms with Gasteiger partial charge in [-0.25, -0.2) is 0 Å². The van der Waals surface area contributed by atoms with Crippen molar-refractivity contribution in [3.63, 3.8) is 0 Å². The maximum atomic E-state index is 12.0. The maximum Gasteiger partial charge on any atom is 0.239 e. The first-order valence-electron chi connectivity index (χ1n) is 7.99. The molecule has 1 atom stereocenters. The van der Waals surface area contributed by atoms with Gasteiger partial charge in [0, 0.05) is 24.8 Å². The van der Waals surface area contributed by atoms with Crippen LogP contribution in [0.25, 0.3) is 0 Å². The molecule has 4 nitrogen and oxygen atoms in total. The smallest absolute Gasteiger partial charge is 0.239 e. The van der Waals surface area contributed by atoms with E-state index in [1.807, 2.05) is 6.92 Å². The van der Waals surface area contributed by atoms with Crippen molar-refractivity contribution in [2.24, 2.45) is 5.73 Å². The molecule has 1 amide bonds. The van der Waals surface area contributed by atoms with Crippen molar-refractivity contribution in [3.05, 3.63) is 29.8 Å². The highest BCUT2D eigenvalue weighted by molar-refractivity contribution is 5.85. The third-order valence-electron chi connectivity index (χ3n) is 4.61. The third-order valence-corrected chi connectivity index (χ3v) is 4.61. The minimum absolute atomic E-state index is 0.254. The zero-order chi connectivity index (χ0) is 14.9. The van der Waals surface area contributed by atoms with E-state index in [0.29, 0.717) is 12.6 Å². The summed E-state index contributed by atoms with van der Waals surface area (Å²) >= 11 is 0. The van der Waals surface area contributed by atoms with Crippen LogP contribution in [-0.4, -0.2) is 30.6 Å². The van der Waals surface area contributed by atoms with Gasteiger partial charge in [0.1, 0.15) is 5.54 Å². The average Bonchev–Trinajstić information content (AvgIpc) is 3.27. The van der Waals surface area contributed by atoms with Crippen LogP contribution in [-0.2, 0) is 11.2 Å². The number of para-hydroxylation sites is 1. The van der Waals surface area contributed by atoms with Crippen molar-refractivity contribution >= 4 is 11.6 Å². The summed E-state index contributed by atoms with van der Waals surface area (Å²) in [7, 11) is 0. The van der Waals surface area contributed by atoms with Crippen molar-refractivity contribution in [3.8, 4) is 0 Å². The van der Waals surface area contributed by atoms with E-state index >= 15 is 0 Å². The largest absolute Gasteiger partial charge is 0.369 e. The second-order valence-electron chi connectivity index (χ2n) is 6.62. The lowest BCUT2D eigenvalue weighted by atomic mass is 9.99. The SMILES string of the molecule is CC(CN1CCCCc2ccccc21)(NC1CC1)C(N)=O. The Kier molecular flexibility index (Phi) is 3.89. The van der Waals surface area contributed by atoms with E-state index in [1.165, 1.54) is 17.7 Å². The zero-order valence-corrected chi connectivity index (χ0v) is 12.8. The van der Waals surface area contributed by atoms with E-state index in [4.69, 9.17) is 5.73 Å². The van der Waals surface area contributed by atoms with Gasteiger partial charge in [-0.05, 0) is 50.7 Å². The van der Waals surface area contributed by atoms with Crippen molar-refractivity contribution in [1.29, 1.82) is 0 Å². The lowest BCUT2D eigenvalue weighted by Crippen LogP contribution is -2.60. The quantitative estimate of drug-likeness (QED) is 0.868. The monoisotopic (exact) mass is 287 g/mol. The summed E-state index contributed by atoms with van der Waals surface area (Å²) < 4.78 is 0. The number of aryl methyl sites for hydroxylation is 1. The van der Waals surface area contributed by atoms with Gasteiger partial charge < -0.3 is 10.6 Å². The summed E-state index contributed by atoms with van der Waals surface area (Å²) in [6.07, 6.45) is 5.79. The summed E-state index contributed by atoms with van der Waals surface area (Å²) in [5.74, 6) is -0.254. The summed E-state index contributed by atoms with van der Waals surface area (Å²) in [5.41, 5.74) is 7.69. The Morgan fingerprint density at radius 1 is 1.38 bits per heavy atom. The van der Waals surface area contributed by atoms with E-state index in [1.54, 1.807) is 0 Å². The molecule has 1 aromatic carbocycles. The summed E-state index contributed by atoms with van der Waals surface area (Å²) in [4.78, 5) is 14.3. The third kappa shape index (κ3) is 3.21. The highest BCUT2D eigenvalue weighted by Gasteiger charge is 2.38. The van der Waals surface area contributed by atoms with Crippen molar-refractivity contribution < 1.29 is 4.79 Å². The van der Waals surface area contributed by atoms with Crippen molar-refractivity contribution in [2.45, 2.75) is 50.6 Å². The Bertz CT molecular complexity index is 527. The molecule has 1 aliphatic carbocycles. The van der Waals surface area contributed by atoms with Crippen LogP contribution in [0.2, 0.25) is 0 Å². The van der Waals surface area contributed by atoms with Crippen LogP contribution in [0.4, 0.5) is 5.69 Å². The van der Waals surface area contributed by atoms with E-state index in [2.05, 4.69) is 34.5 Å². The molecule has 1 aromatic rings. The highest BCUT2D eigenvalue weighted by atomic mass is 16.1. The molecule has 1 fully saturated rings. The number of fused-ring (bicyclic) bond motifs is 1. The van der Waals surface area contributed by atoms with Crippen LogP contribution in [0.1, 0.15) is 38.2 Å². The number of nitrogens with two attached hydrogens (primary N) is 1. The van der Waals surface area contributed by atoms with Crippen LogP contribution in [0.3, 0.4) is 0 Å². The number of amides is 1. The molecule has 0 aromatic heterocycles. The zero-order valence-electron chi connectivity index (χ0n) is 12.8. The lowest BCUT2D eigenvalue weighted by molar-refractivity contribution is -0.123. The maximum absolute atomic E-state index is 12.0. The molecule has 21 heavy (non-hydrogen) atoms. The predicted octanol–water partition coefficient (Wildman–Crippen LogP) is 1.83. The number of rotatable bonds is 5. The number of hydrogen-bond donors (Lipinski definition) is 2. The highest BCUT2D eigenvalue weighted by Crippen LogP contribution is 2.29. The van der Waals surface area contributed by atoms with Gasteiger partial charge in [0.2, 0.25) is 5.91 Å². The van der Waals surface area contributed by atoms with Crippen molar-refractivity contribution in [1.82, 2.24) is 5.32 Å². The molecule has 114 valence electrons. The molecular weight excluding hydrogens is 262 g/mol. The fourth-order valence-electron chi connectivity index (χ4n) is 3.19. The number of carbonyl (C=O) groups is 1. The van der Waals surface area contributed by atoms with E-state index in [9.17, 15) is 4.79 Å². The Morgan fingerprint density at radius 3 is 2.86 bits per heavy atom. The summed E-state index contributed by atoms with van der Waals surface area (Å²) in [6.45, 7) is 3.59. The Hall–Kier alpha value is -1.55. The van der Waals surface area contributed by atoms with Gasteiger partial charge in [-0.3, -0.25) is 10.1 Å². The second kappa shape index (κ2) is 5.68. The molecule has 2 aliphatic rings. The molecule has 0 bridgehead atoms. The topological polar surface area (TPSA) is 58.4 Å². The molecule has 4 heteroatoms. The van der Waals surface area contributed by atoms with Crippen LogP contribution < -0.4 is 16.0 Å². The van der Waals surface area contributed by atoms with Gasteiger partial charge in [0.25, 0.3) is 0 Å². The molecule has 0 spiro atoms. The standard InChI is InChI=1S/C17H25N3O/c1-17(16(18)21,19-14-9-10-14)12-20-11-5-4-7-13-6-2-3-8-15(13)20/h2-3,6,8,14,19H,4-5,7,9-12H2,1H3,(H2,18,21). The number of anilines is 1. The number of primary amides is 1. The van der Waals surface area contributed by atoms with Gasteiger partial charge in [0.15, 0.2) is 0 Å². The fourth-order valence-corrected chi connectivity index (χ4v) is 3.19. The molecule has 1 saturated carbocycles. The Balaban J connectivity index is 1.83. The van der Waals surface area contributed by atoms with E-state index in [0.717, 1.165) is 32.2 Å². The van der Waals surface area contributed by atoms with E-state index in [-0.39, 0.29) is 5.91 Å². The minimum atomic E-state index is -0.654. The number of carbonyl (C=O) groups excluding carboxylic acids is 1. The summed E-state index contributed by atoms with van der Waals surface area (Å²) in [6, 6.07) is 9.00. The number of nitrogens with one attached hydrogen (secondary N) is 1. The second-order valence-corrected chi connectivity index (χ2v) is 6.62. The van der Waals surface area contributed by atoms with Gasteiger partial charge in [-0.1, -0.05) is 18.2 Å². The van der Waals surface area contributed by atoms with Crippen molar-refractivity contribution in [2.75, 3.05) is 18.0 Å².